The summed E-state index contributed by atoms with van der Waals surface area (Å²) in [7, 11) is 0. The number of carbonyl (C=O) groups is 1. The Bertz CT molecular complexity index is 294. The number of carboxylic acids is 1. The zero-order chi connectivity index (χ0) is 11.7. The summed E-state index contributed by atoms with van der Waals surface area (Å²) in [5.41, 5.74) is -0.00884. The van der Waals surface area contributed by atoms with Crippen LogP contribution in [0.15, 0.2) is 5.16 Å². The maximum atomic E-state index is 10.2. The predicted octanol–water partition coefficient (Wildman–Crippen LogP) is 1.42. The van der Waals surface area contributed by atoms with Crippen molar-refractivity contribution in [2.24, 2.45) is 5.16 Å². The number of hydrogen-bond acceptors (Lipinski definition) is 4. The van der Waals surface area contributed by atoms with E-state index in [1.165, 1.54) is 0 Å². The maximum absolute atomic E-state index is 10.2. The van der Waals surface area contributed by atoms with Crippen LogP contribution in [-0.4, -0.2) is 34.6 Å². The summed E-state index contributed by atoms with van der Waals surface area (Å²) in [6, 6.07) is 0. The van der Waals surface area contributed by atoms with Crippen LogP contribution in [0.2, 0.25) is 0 Å². The number of ether oxygens (including phenoxy) is 1. The lowest BCUT2D eigenvalue weighted by Crippen LogP contribution is -2.29. The molecule has 86 valence electrons. The molecule has 0 amide bonds. The summed E-state index contributed by atoms with van der Waals surface area (Å²) in [4.78, 5) is 15.0. The van der Waals surface area contributed by atoms with E-state index in [0.717, 1.165) is 5.71 Å². The highest BCUT2D eigenvalue weighted by atomic mass is 16.6. The van der Waals surface area contributed by atoms with Crippen LogP contribution in [0.5, 0.6) is 0 Å². The Labute approximate surface area is 89.1 Å². The molecule has 1 heterocycles. The van der Waals surface area contributed by atoms with Gasteiger partial charge in [0.25, 0.3) is 0 Å². The van der Waals surface area contributed by atoms with Crippen LogP contribution in [0.3, 0.4) is 0 Å². The number of nitrogens with zero attached hydrogens (tertiary/aromatic N) is 1. The average Bonchev–Trinajstić information content (AvgIpc) is 2.18. The molecule has 0 aromatic rings. The molecule has 1 N–H and O–H groups in total. The third-order valence-electron chi connectivity index (χ3n) is 2.18. The first kappa shape index (κ1) is 12.0. The van der Waals surface area contributed by atoms with Crippen LogP contribution in [0, 0.1) is 0 Å². The highest BCUT2D eigenvalue weighted by Crippen LogP contribution is 2.34. The molecule has 0 atom stereocenters. The minimum Gasteiger partial charge on any atom is -0.479 e. The van der Waals surface area contributed by atoms with Crippen molar-refractivity contribution in [2.45, 2.75) is 45.3 Å². The van der Waals surface area contributed by atoms with E-state index < -0.39 is 18.2 Å². The second-order valence-corrected chi connectivity index (χ2v) is 4.75. The third kappa shape index (κ3) is 3.20. The molecule has 5 heteroatoms. The van der Waals surface area contributed by atoms with Gasteiger partial charge in [0.1, 0.15) is 5.60 Å². The largest absolute Gasteiger partial charge is 0.479 e. The second kappa shape index (κ2) is 3.81. The Morgan fingerprint density at radius 3 is 2.53 bits per heavy atom. The lowest BCUT2D eigenvalue weighted by molar-refractivity contribution is -0.142. The van der Waals surface area contributed by atoms with Gasteiger partial charge in [0.2, 0.25) is 6.61 Å². The van der Waals surface area contributed by atoms with Crippen molar-refractivity contribution in [2.75, 3.05) is 6.61 Å². The third-order valence-corrected chi connectivity index (χ3v) is 2.18. The van der Waals surface area contributed by atoms with E-state index in [0.29, 0.717) is 6.42 Å². The SMILES string of the molecule is CC1(C)CC(=NOCC(=O)O)C(C)(C)O1. The van der Waals surface area contributed by atoms with Crippen molar-refractivity contribution in [3.63, 3.8) is 0 Å². The molecular weight excluding hydrogens is 198 g/mol. The lowest BCUT2D eigenvalue weighted by Gasteiger charge is -2.22. The molecule has 1 aliphatic rings. The standard InChI is InChI=1S/C10H17NO4/c1-9(2)5-7(10(3,4)15-9)11-14-6-8(12)13/h5-6H2,1-4H3,(H,12,13). The Morgan fingerprint density at radius 2 is 2.13 bits per heavy atom. The van der Waals surface area contributed by atoms with E-state index in [1.807, 2.05) is 27.7 Å². The summed E-state index contributed by atoms with van der Waals surface area (Å²) in [6.07, 6.45) is 0.652. The number of oxime groups is 1. The van der Waals surface area contributed by atoms with Gasteiger partial charge in [0.15, 0.2) is 0 Å². The molecule has 0 aromatic carbocycles. The molecular formula is C10H17NO4. The van der Waals surface area contributed by atoms with E-state index in [9.17, 15) is 4.79 Å². The Kier molecular flexibility index (Phi) is 3.04. The van der Waals surface area contributed by atoms with E-state index >= 15 is 0 Å². The van der Waals surface area contributed by atoms with Crippen LogP contribution in [0.25, 0.3) is 0 Å². The van der Waals surface area contributed by atoms with Gasteiger partial charge < -0.3 is 14.7 Å². The van der Waals surface area contributed by atoms with Gasteiger partial charge in [-0.1, -0.05) is 5.16 Å². The fraction of sp³-hybridized carbons (Fsp3) is 0.800. The van der Waals surface area contributed by atoms with Gasteiger partial charge in [-0.15, -0.1) is 0 Å². The molecule has 1 saturated heterocycles. The smallest absolute Gasteiger partial charge is 0.344 e. The van der Waals surface area contributed by atoms with Crippen LogP contribution >= 0.6 is 0 Å². The van der Waals surface area contributed by atoms with E-state index in [-0.39, 0.29) is 5.60 Å². The lowest BCUT2D eigenvalue weighted by atomic mass is 9.98. The molecule has 0 aliphatic carbocycles. The summed E-state index contributed by atoms with van der Waals surface area (Å²) in [6.45, 7) is 7.30. The van der Waals surface area contributed by atoms with Crippen LogP contribution < -0.4 is 0 Å². The molecule has 0 bridgehead atoms. The van der Waals surface area contributed by atoms with Crippen molar-refractivity contribution in [1.82, 2.24) is 0 Å². The summed E-state index contributed by atoms with van der Waals surface area (Å²) in [5, 5.41) is 12.2. The zero-order valence-electron chi connectivity index (χ0n) is 9.53. The first-order valence-electron chi connectivity index (χ1n) is 4.84. The van der Waals surface area contributed by atoms with Gasteiger partial charge in [-0.05, 0) is 27.7 Å². The monoisotopic (exact) mass is 215 g/mol. The van der Waals surface area contributed by atoms with Gasteiger partial charge in [-0.25, -0.2) is 4.79 Å². The maximum Gasteiger partial charge on any atom is 0.344 e. The topological polar surface area (TPSA) is 68.1 Å². The molecule has 1 fully saturated rings. The molecule has 0 saturated carbocycles. The number of hydrogen-bond donors (Lipinski definition) is 1. The molecule has 0 radical (unpaired) electrons. The normalized spacial score (nSPS) is 25.5. The second-order valence-electron chi connectivity index (χ2n) is 4.75. The summed E-state index contributed by atoms with van der Waals surface area (Å²) in [5.74, 6) is -1.03. The first-order valence-corrected chi connectivity index (χ1v) is 4.84. The van der Waals surface area contributed by atoms with Gasteiger partial charge in [0, 0.05) is 6.42 Å². The van der Waals surface area contributed by atoms with Crippen molar-refractivity contribution in [3.05, 3.63) is 0 Å². The molecule has 0 aromatic heterocycles. The predicted molar refractivity (Wildman–Crippen MR) is 54.9 cm³/mol. The van der Waals surface area contributed by atoms with Gasteiger partial charge in [0.05, 0.1) is 11.3 Å². The highest BCUT2D eigenvalue weighted by molar-refractivity contribution is 5.94. The Morgan fingerprint density at radius 1 is 1.53 bits per heavy atom. The first-order chi connectivity index (χ1) is 6.73. The molecule has 5 nitrogen and oxygen atoms in total. The molecule has 0 unspecified atom stereocenters. The van der Waals surface area contributed by atoms with Gasteiger partial charge in [-0.3, -0.25) is 0 Å². The van der Waals surface area contributed by atoms with Gasteiger partial charge in [-0.2, -0.15) is 0 Å². The number of carboxylic acid groups (broad SMARTS) is 1. The van der Waals surface area contributed by atoms with Crippen molar-refractivity contribution in [3.8, 4) is 0 Å². The molecule has 15 heavy (non-hydrogen) atoms. The van der Waals surface area contributed by atoms with E-state index in [1.54, 1.807) is 0 Å². The summed E-state index contributed by atoms with van der Waals surface area (Å²) < 4.78 is 5.75. The Hall–Kier alpha value is -1.10. The highest BCUT2D eigenvalue weighted by Gasteiger charge is 2.43. The minimum atomic E-state index is -1.03. The minimum absolute atomic E-state index is 0.269. The molecule has 1 rings (SSSR count). The van der Waals surface area contributed by atoms with Crippen LogP contribution in [0.1, 0.15) is 34.1 Å². The molecule has 1 aliphatic heterocycles. The fourth-order valence-electron chi connectivity index (χ4n) is 1.71. The quantitative estimate of drug-likeness (QED) is 0.723. The van der Waals surface area contributed by atoms with E-state index in [4.69, 9.17) is 14.7 Å². The van der Waals surface area contributed by atoms with Crippen molar-refractivity contribution >= 4 is 11.7 Å². The number of rotatable bonds is 3. The zero-order valence-corrected chi connectivity index (χ0v) is 9.53. The average molecular weight is 215 g/mol. The fourth-order valence-corrected chi connectivity index (χ4v) is 1.71. The van der Waals surface area contributed by atoms with Crippen LogP contribution in [-0.2, 0) is 14.4 Å². The van der Waals surface area contributed by atoms with Crippen molar-refractivity contribution in [1.29, 1.82) is 0 Å². The van der Waals surface area contributed by atoms with Crippen molar-refractivity contribution < 1.29 is 19.5 Å². The van der Waals surface area contributed by atoms with Crippen LogP contribution in [0.4, 0.5) is 0 Å². The Balaban J connectivity index is 2.65. The number of aliphatic carboxylic acids is 1. The van der Waals surface area contributed by atoms with E-state index in [2.05, 4.69) is 5.16 Å². The molecule has 0 spiro atoms. The van der Waals surface area contributed by atoms with Gasteiger partial charge >= 0.3 is 5.97 Å². The summed E-state index contributed by atoms with van der Waals surface area (Å²) >= 11 is 0.